The Morgan fingerprint density at radius 1 is 1.39 bits per heavy atom. The molecule has 0 aromatic carbocycles. The number of ether oxygens (including phenoxy) is 2. The van der Waals surface area contributed by atoms with Crippen molar-refractivity contribution in [1.29, 1.82) is 0 Å². The third kappa shape index (κ3) is 3.74. The molecule has 0 bridgehead atoms. The lowest BCUT2D eigenvalue weighted by molar-refractivity contribution is -0.128. The number of nitrogens with one attached hydrogen (secondary N) is 1. The van der Waals surface area contributed by atoms with Crippen LogP contribution in [0.25, 0.3) is 0 Å². The molecule has 1 aliphatic heterocycles. The molecular weight excluding hydrogens is 386 g/mol. The molecule has 0 spiro atoms. The Morgan fingerprint density at radius 2 is 2.14 bits per heavy atom. The molecule has 1 aliphatic rings. The summed E-state index contributed by atoms with van der Waals surface area (Å²) in [5.74, 6) is -0.631. The molecule has 28 heavy (non-hydrogen) atoms. The van der Waals surface area contributed by atoms with Crippen LogP contribution in [0.15, 0.2) is 12.1 Å². The fraction of sp³-hybridized carbons (Fsp3) is 0.353. The minimum Gasteiger partial charge on any atom is -0.477 e. The Bertz CT molecular complexity index is 944. The van der Waals surface area contributed by atoms with Crippen LogP contribution < -0.4 is 20.7 Å². The smallest absolute Gasteiger partial charge is 0.350 e. The molecule has 1 unspecified atom stereocenters. The molecule has 1 atom stereocenters. The number of fused-ring (bicyclic) bond motifs is 1. The number of nitrogens with zero attached hydrogens (tertiary/aromatic N) is 3. The molecule has 0 fully saturated rings. The Kier molecular flexibility index (Phi) is 5.45. The predicted octanol–water partition coefficient (Wildman–Crippen LogP) is 1.36. The van der Waals surface area contributed by atoms with Gasteiger partial charge in [-0.2, -0.15) is 0 Å². The minimum absolute atomic E-state index is 0.190. The lowest BCUT2D eigenvalue weighted by Crippen LogP contribution is -2.49. The first-order chi connectivity index (χ1) is 13.3. The molecule has 3 heterocycles. The second kappa shape index (κ2) is 7.80. The van der Waals surface area contributed by atoms with Crippen LogP contribution in [0.2, 0.25) is 0 Å². The monoisotopic (exact) mass is 405 g/mol. The Morgan fingerprint density at radius 3 is 2.82 bits per heavy atom. The van der Waals surface area contributed by atoms with Gasteiger partial charge in [0.2, 0.25) is 5.91 Å². The summed E-state index contributed by atoms with van der Waals surface area (Å²) in [6, 6.07) is 3.18. The van der Waals surface area contributed by atoms with Crippen LogP contribution >= 0.6 is 11.3 Å². The lowest BCUT2D eigenvalue weighted by Gasteiger charge is -2.32. The number of thiazole rings is 1. The first-order valence-corrected chi connectivity index (χ1v) is 9.25. The summed E-state index contributed by atoms with van der Waals surface area (Å²) in [4.78, 5) is 46.7. The first-order valence-electron chi connectivity index (χ1n) is 8.44. The molecule has 0 aliphatic carbocycles. The summed E-state index contributed by atoms with van der Waals surface area (Å²) >= 11 is 0.995. The van der Waals surface area contributed by atoms with E-state index in [1.165, 1.54) is 12.0 Å². The number of anilines is 3. The fourth-order valence-electron chi connectivity index (χ4n) is 2.66. The molecule has 3 rings (SSSR count). The standard InChI is InChI=1S/C17H19N5O5S/c1-4-9-15(24)22(14-10(27-9)5-6-11(18)20-14)7-12(23)21-17-19-8(2)13(28-17)16(25)26-3/h5-6,9H,4,7H2,1-3H3,(H2,18,20)(H,19,21,23). The Hall–Kier alpha value is -3.21. The summed E-state index contributed by atoms with van der Waals surface area (Å²) < 4.78 is 10.3. The third-order valence-corrected chi connectivity index (χ3v) is 5.07. The van der Waals surface area contributed by atoms with Crippen LogP contribution in [-0.2, 0) is 14.3 Å². The number of methoxy groups -OCH3 is 1. The third-order valence-electron chi connectivity index (χ3n) is 4.01. The Balaban J connectivity index is 1.80. The zero-order valence-corrected chi connectivity index (χ0v) is 16.3. The van der Waals surface area contributed by atoms with E-state index < -0.39 is 18.0 Å². The maximum atomic E-state index is 12.7. The van der Waals surface area contributed by atoms with Crippen LogP contribution in [0, 0.1) is 6.92 Å². The van der Waals surface area contributed by atoms with Gasteiger partial charge in [-0.15, -0.1) is 0 Å². The SMILES string of the molecule is CCC1Oc2ccc(N)nc2N(CC(=O)Nc2nc(C)c(C(=O)OC)s2)C1=O. The van der Waals surface area contributed by atoms with Gasteiger partial charge in [-0.1, -0.05) is 18.3 Å². The fourth-order valence-corrected chi connectivity index (χ4v) is 3.56. The summed E-state index contributed by atoms with van der Waals surface area (Å²) in [7, 11) is 1.27. The maximum Gasteiger partial charge on any atom is 0.350 e. The highest BCUT2D eigenvalue weighted by Gasteiger charge is 2.35. The van der Waals surface area contributed by atoms with Crippen molar-refractivity contribution < 1.29 is 23.9 Å². The van der Waals surface area contributed by atoms with Gasteiger partial charge in [0.1, 0.15) is 17.2 Å². The summed E-state index contributed by atoms with van der Waals surface area (Å²) in [6.45, 7) is 3.15. The lowest BCUT2D eigenvalue weighted by atomic mass is 10.2. The molecule has 2 aromatic heterocycles. The van der Waals surface area contributed by atoms with Gasteiger partial charge in [0, 0.05) is 0 Å². The number of esters is 1. The van der Waals surface area contributed by atoms with E-state index in [1.54, 1.807) is 19.1 Å². The highest BCUT2D eigenvalue weighted by molar-refractivity contribution is 7.17. The largest absolute Gasteiger partial charge is 0.477 e. The van der Waals surface area contributed by atoms with Crippen LogP contribution in [-0.4, -0.2) is 47.5 Å². The van der Waals surface area contributed by atoms with E-state index in [0.29, 0.717) is 22.7 Å². The van der Waals surface area contributed by atoms with Crippen molar-refractivity contribution in [3.8, 4) is 5.75 Å². The van der Waals surface area contributed by atoms with E-state index in [-0.39, 0.29) is 29.2 Å². The number of hydrogen-bond acceptors (Lipinski definition) is 9. The molecule has 2 amide bonds. The van der Waals surface area contributed by atoms with Gasteiger partial charge in [-0.3, -0.25) is 14.5 Å². The molecule has 2 aromatic rings. The van der Waals surface area contributed by atoms with E-state index in [2.05, 4.69) is 20.0 Å². The van der Waals surface area contributed by atoms with Gasteiger partial charge in [0.15, 0.2) is 22.8 Å². The topological polar surface area (TPSA) is 137 Å². The Labute approximate surface area is 164 Å². The predicted molar refractivity (Wildman–Crippen MR) is 103 cm³/mol. The average Bonchev–Trinajstić information content (AvgIpc) is 3.03. The summed E-state index contributed by atoms with van der Waals surface area (Å²) in [6.07, 6.45) is -0.270. The second-order valence-electron chi connectivity index (χ2n) is 5.97. The number of pyridine rings is 1. The highest BCUT2D eigenvalue weighted by atomic mass is 32.1. The highest BCUT2D eigenvalue weighted by Crippen LogP contribution is 2.33. The number of aromatic nitrogens is 2. The number of carbonyl (C=O) groups excluding carboxylic acids is 3. The molecule has 10 nitrogen and oxygen atoms in total. The van der Waals surface area contributed by atoms with Crippen LogP contribution in [0.5, 0.6) is 5.75 Å². The van der Waals surface area contributed by atoms with E-state index in [4.69, 9.17) is 10.5 Å². The number of carbonyl (C=O) groups is 3. The second-order valence-corrected chi connectivity index (χ2v) is 6.97. The normalized spacial score (nSPS) is 15.6. The van der Waals surface area contributed by atoms with Crippen molar-refractivity contribution in [2.45, 2.75) is 26.4 Å². The maximum absolute atomic E-state index is 12.7. The summed E-state index contributed by atoms with van der Waals surface area (Å²) in [5, 5.41) is 2.83. The quantitative estimate of drug-likeness (QED) is 0.712. The van der Waals surface area contributed by atoms with E-state index in [1.807, 2.05) is 6.92 Å². The van der Waals surface area contributed by atoms with E-state index in [9.17, 15) is 14.4 Å². The van der Waals surface area contributed by atoms with Gasteiger partial charge < -0.3 is 20.5 Å². The molecule has 0 saturated carbocycles. The molecule has 0 saturated heterocycles. The number of hydrogen-bond donors (Lipinski definition) is 2. The zero-order chi connectivity index (χ0) is 20.4. The van der Waals surface area contributed by atoms with Crippen molar-refractivity contribution >= 4 is 45.9 Å². The molecule has 0 radical (unpaired) electrons. The van der Waals surface area contributed by atoms with Gasteiger partial charge in [-0.05, 0) is 25.5 Å². The van der Waals surface area contributed by atoms with Crippen LogP contribution in [0.3, 0.4) is 0 Å². The molecular formula is C17H19N5O5S. The molecule has 3 N–H and O–H groups in total. The zero-order valence-electron chi connectivity index (χ0n) is 15.5. The van der Waals surface area contributed by atoms with Crippen molar-refractivity contribution in [3.05, 3.63) is 22.7 Å². The van der Waals surface area contributed by atoms with Gasteiger partial charge >= 0.3 is 5.97 Å². The van der Waals surface area contributed by atoms with Crippen molar-refractivity contribution in [2.75, 3.05) is 29.6 Å². The van der Waals surface area contributed by atoms with Crippen LogP contribution in [0.4, 0.5) is 16.8 Å². The molecule has 148 valence electrons. The number of amides is 2. The summed E-state index contributed by atoms with van der Waals surface area (Å²) in [5.41, 5.74) is 6.16. The van der Waals surface area contributed by atoms with E-state index in [0.717, 1.165) is 11.3 Å². The van der Waals surface area contributed by atoms with Gasteiger partial charge in [-0.25, -0.2) is 14.8 Å². The van der Waals surface area contributed by atoms with E-state index >= 15 is 0 Å². The number of aryl methyl sites for hydroxylation is 1. The number of nitrogens with two attached hydrogens (primary N) is 1. The van der Waals surface area contributed by atoms with Gasteiger partial charge in [0.05, 0.1) is 12.8 Å². The first kappa shape index (κ1) is 19.5. The number of nitrogen functional groups attached to an aromatic ring is 1. The van der Waals surface area contributed by atoms with Crippen LogP contribution in [0.1, 0.15) is 28.7 Å². The molecule has 11 heteroatoms. The average molecular weight is 405 g/mol. The van der Waals surface area contributed by atoms with Crippen molar-refractivity contribution in [1.82, 2.24) is 9.97 Å². The minimum atomic E-state index is -0.709. The van der Waals surface area contributed by atoms with Gasteiger partial charge in [0.25, 0.3) is 5.91 Å². The van der Waals surface area contributed by atoms with Crippen molar-refractivity contribution in [3.63, 3.8) is 0 Å². The van der Waals surface area contributed by atoms with Crippen molar-refractivity contribution in [2.24, 2.45) is 0 Å². The number of rotatable bonds is 5.